The second-order valence-corrected chi connectivity index (χ2v) is 3.67. The van der Waals surface area contributed by atoms with E-state index in [9.17, 15) is 4.79 Å². The maximum absolute atomic E-state index is 11.3. The van der Waals surface area contributed by atoms with Gasteiger partial charge in [0.05, 0.1) is 6.10 Å². The van der Waals surface area contributed by atoms with Gasteiger partial charge in [0.1, 0.15) is 12.1 Å². The SMILES string of the molecule is CC(O)C(N)C(=O)OC1CCCNC1.Cl. The average molecular weight is 239 g/mol. The predicted octanol–water partition coefficient (Wildman–Crippen LogP) is -0.588. The van der Waals surface area contributed by atoms with E-state index >= 15 is 0 Å². The van der Waals surface area contributed by atoms with Crippen molar-refractivity contribution in [1.29, 1.82) is 0 Å². The molecule has 0 aromatic rings. The van der Waals surface area contributed by atoms with E-state index in [0.29, 0.717) is 6.54 Å². The summed E-state index contributed by atoms with van der Waals surface area (Å²) < 4.78 is 5.13. The Balaban J connectivity index is 0.00000196. The van der Waals surface area contributed by atoms with E-state index < -0.39 is 18.1 Å². The van der Waals surface area contributed by atoms with Crippen molar-refractivity contribution >= 4 is 18.4 Å². The van der Waals surface area contributed by atoms with Crippen LogP contribution in [0.25, 0.3) is 0 Å². The molecule has 5 nitrogen and oxygen atoms in total. The Kier molecular flexibility index (Phi) is 6.84. The Bertz CT molecular complexity index is 196. The third-order valence-electron chi connectivity index (χ3n) is 2.33. The Morgan fingerprint density at radius 1 is 1.67 bits per heavy atom. The number of nitrogens with one attached hydrogen (secondary N) is 1. The number of aliphatic hydroxyl groups is 1. The highest BCUT2D eigenvalue weighted by Crippen LogP contribution is 2.07. The second-order valence-electron chi connectivity index (χ2n) is 3.67. The number of piperidine rings is 1. The summed E-state index contributed by atoms with van der Waals surface area (Å²) >= 11 is 0. The van der Waals surface area contributed by atoms with Gasteiger partial charge in [0.15, 0.2) is 0 Å². The lowest BCUT2D eigenvalue weighted by molar-refractivity contribution is -0.153. The highest BCUT2D eigenvalue weighted by atomic mass is 35.5. The van der Waals surface area contributed by atoms with Crippen LogP contribution in [0.2, 0.25) is 0 Å². The van der Waals surface area contributed by atoms with Gasteiger partial charge in [0.2, 0.25) is 0 Å². The lowest BCUT2D eigenvalue weighted by Crippen LogP contribution is -2.45. The zero-order valence-electron chi connectivity index (χ0n) is 8.81. The van der Waals surface area contributed by atoms with Crippen molar-refractivity contribution in [3.05, 3.63) is 0 Å². The number of ether oxygens (including phenoxy) is 1. The fourth-order valence-electron chi connectivity index (χ4n) is 1.36. The first-order valence-corrected chi connectivity index (χ1v) is 4.96. The van der Waals surface area contributed by atoms with Gasteiger partial charge < -0.3 is 20.9 Å². The first kappa shape index (κ1) is 14.6. The van der Waals surface area contributed by atoms with Gasteiger partial charge in [-0.15, -0.1) is 12.4 Å². The van der Waals surface area contributed by atoms with Crippen molar-refractivity contribution in [1.82, 2.24) is 5.32 Å². The molecule has 0 radical (unpaired) electrons. The van der Waals surface area contributed by atoms with E-state index in [-0.39, 0.29) is 18.5 Å². The van der Waals surface area contributed by atoms with Crippen LogP contribution in [0.1, 0.15) is 19.8 Å². The zero-order valence-corrected chi connectivity index (χ0v) is 9.63. The summed E-state index contributed by atoms with van der Waals surface area (Å²) in [6.07, 6.45) is 0.910. The minimum absolute atomic E-state index is 0. The van der Waals surface area contributed by atoms with Gasteiger partial charge in [-0.1, -0.05) is 0 Å². The fraction of sp³-hybridized carbons (Fsp3) is 0.889. The molecule has 0 saturated carbocycles. The third-order valence-corrected chi connectivity index (χ3v) is 2.33. The Morgan fingerprint density at radius 3 is 2.80 bits per heavy atom. The lowest BCUT2D eigenvalue weighted by atomic mass is 10.1. The van der Waals surface area contributed by atoms with Crippen molar-refractivity contribution in [3.8, 4) is 0 Å². The van der Waals surface area contributed by atoms with E-state index in [0.717, 1.165) is 19.4 Å². The molecule has 1 saturated heterocycles. The molecule has 90 valence electrons. The van der Waals surface area contributed by atoms with Gasteiger partial charge in [-0.2, -0.15) is 0 Å². The largest absolute Gasteiger partial charge is 0.460 e. The van der Waals surface area contributed by atoms with Crippen LogP contribution in [0.3, 0.4) is 0 Å². The summed E-state index contributed by atoms with van der Waals surface area (Å²) in [4.78, 5) is 11.3. The molecule has 0 aromatic carbocycles. The molecule has 1 rings (SSSR count). The summed E-state index contributed by atoms with van der Waals surface area (Å²) in [7, 11) is 0. The summed E-state index contributed by atoms with van der Waals surface area (Å²) in [5.41, 5.74) is 5.43. The van der Waals surface area contributed by atoms with Crippen molar-refractivity contribution in [2.75, 3.05) is 13.1 Å². The Labute approximate surface area is 95.8 Å². The molecule has 15 heavy (non-hydrogen) atoms. The van der Waals surface area contributed by atoms with E-state index in [4.69, 9.17) is 15.6 Å². The lowest BCUT2D eigenvalue weighted by Gasteiger charge is -2.24. The molecule has 1 aliphatic rings. The molecule has 6 heteroatoms. The monoisotopic (exact) mass is 238 g/mol. The molecule has 0 aliphatic carbocycles. The van der Waals surface area contributed by atoms with E-state index in [1.807, 2.05) is 0 Å². The van der Waals surface area contributed by atoms with Gasteiger partial charge in [-0.25, -0.2) is 0 Å². The highest BCUT2D eigenvalue weighted by molar-refractivity contribution is 5.85. The van der Waals surface area contributed by atoms with Crippen molar-refractivity contribution < 1.29 is 14.6 Å². The number of carbonyl (C=O) groups excluding carboxylic acids is 1. The number of esters is 1. The zero-order chi connectivity index (χ0) is 10.6. The number of carbonyl (C=O) groups is 1. The van der Waals surface area contributed by atoms with E-state index in [1.54, 1.807) is 0 Å². The van der Waals surface area contributed by atoms with E-state index in [1.165, 1.54) is 6.92 Å². The molecule has 0 spiro atoms. The van der Waals surface area contributed by atoms with Gasteiger partial charge in [0, 0.05) is 6.54 Å². The number of aliphatic hydroxyl groups excluding tert-OH is 1. The second kappa shape index (κ2) is 7.00. The molecule has 4 N–H and O–H groups in total. The standard InChI is InChI=1S/C9H18N2O3.ClH/c1-6(12)8(10)9(13)14-7-3-2-4-11-5-7;/h6-8,11-12H,2-5,10H2,1H3;1H. The predicted molar refractivity (Wildman–Crippen MR) is 58.9 cm³/mol. The van der Waals surface area contributed by atoms with Crippen molar-refractivity contribution in [2.24, 2.45) is 5.73 Å². The first-order chi connectivity index (χ1) is 6.61. The number of nitrogens with two attached hydrogens (primary N) is 1. The molecule has 0 aromatic heterocycles. The Morgan fingerprint density at radius 2 is 2.33 bits per heavy atom. The minimum Gasteiger partial charge on any atom is -0.460 e. The normalized spacial score (nSPS) is 24.9. The maximum Gasteiger partial charge on any atom is 0.325 e. The minimum atomic E-state index is -0.933. The molecule has 3 atom stereocenters. The first-order valence-electron chi connectivity index (χ1n) is 4.96. The molecule has 3 unspecified atom stereocenters. The molecule has 1 aliphatic heterocycles. The number of rotatable bonds is 3. The van der Waals surface area contributed by atoms with Gasteiger partial charge in [0.25, 0.3) is 0 Å². The number of hydrogen-bond acceptors (Lipinski definition) is 5. The topological polar surface area (TPSA) is 84.6 Å². The summed E-state index contributed by atoms with van der Waals surface area (Å²) in [6.45, 7) is 3.12. The van der Waals surface area contributed by atoms with Gasteiger partial charge >= 0.3 is 5.97 Å². The van der Waals surface area contributed by atoms with Gasteiger partial charge in [-0.05, 0) is 26.3 Å². The van der Waals surface area contributed by atoms with Crippen LogP contribution in [-0.2, 0) is 9.53 Å². The molecule has 1 heterocycles. The van der Waals surface area contributed by atoms with Crippen LogP contribution < -0.4 is 11.1 Å². The highest BCUT2D eigenvalue weighted by Gasteiger charge is 2.24. The van der Waals surface area contributed by atoms with Crippen molar-refractivity contribution in [3.63, 3.8) is 0 Å². The quantitative estimate of drug-likeness (QED) is 0.573. The molecule has 1 fully saturated rings. The van der Waals surface area contributed by atoms with E-state index in [2.05, 4.69) is 5.32 Å². The summed E-state index contributed by atoms with van der Waals surface area (Å²) in [5, 5.41) is 12.2. The van der Waals surface area contributed by atoms with Crippen LogP contribution in [-0.4, -0.2) is 42.4 Å². The molecule has 0 amide bonds. The number of halogens is 1. The molecular weight excluding hydrogens is 220 g/mol. The van der Waals surface area contributed by atoms with Crippen LogP contribution >= 0.6 is 12.4 Å². The van der Waals surface area contributed by atoms with Crippen LogP contribution in [0.15, 0.2) is 0 Å². The van der Waals surface area contributed by atoms with Crippen molar-refractivity contribution in [2.45, 2.75) is 38.0 Å². The summed E-state index contributed by atoms with van der Waals surface area (Å²) in [6, 6.07) is -0.933. The smallest absolute Gasteiger partial charge is 0.325 e. The Hall–Kier alpha value is -0.360. The van der Waals surface area contributed by atoms with Crippen LogP contribution in [0, 0.1) is 0 Å². The van der Waals surface area contributed by atoms with Crippen LogP contribution in [0.4, 0.5) is 0 Å². The molecular formula is C9H19ClN2O3. The average Bonchev–Trinajstić information content (AvgIpc) is 2.18. The maximum atomic E-state index is 11.3. The summed E-state index contributed by atoms with van der Waals surface area (Å²) in [5.74, 6) is -0.520. The van der Waals surface area contributed by atoms with Gasteiger partial charge in [-0.3, -0.25) is 4.79 Å². The van der Waals surface area contributed by atoms with Crippen LogP contribution in [0.5, 0.6) is 0 Å². The third kappa shape index (κ3) is 4.79. The number of hydrogen-bond donors (Lipinski definition) is 3. The fourth-order valence-corrected chi connectivity index (χ4v) is 1.36. The molecule has 0 bridgehead atoms.